The van der Waals surface area contributed by atoms with Gasteiger partial charge in [-0.1, -0.05) is 6.92 Å². The molecule has 5 nitrogen and oxygen atoms in total. The van der Waals surface area contributed by atoms with Gasteiger partial charge in [0.1, 0.15) is 11.5 Å². The largest absolute Gasteiger partial charge is 0.493 e. The quantitative estimate of drug-likeness (QED) is 0.892. The molecular weight excluding hydrogens is 278 g/mol. The van der Waals surface area contributed by atoms with Crippen molar-refractivity contribution < 1.29 is 17.9 Å². The molecular formula is C14H19NO4S. The molecule has 110 valence electrons. The van der Waals surface area contributed by atoms with Crippen LogP contribution >= 0.6 is 0 Å². The second-order valence-electron chi connectivity index (χ2n) is 5.16. The van der Waals surface area contributed by atoms with E-state index in [1.54, 1.807) is 0 Å². The maximum absolute atomic E-state index is 11.8. The van der Waals surface area contributed by atoms with Gasteiger partial charge in [0.15, 0.2) is 0 Å². The van der Waals surface area contributed by atoms with E-state index in [9.17, 15) is 8.42 Å². The van der Waals surface area contributed by atoms with Crippen molar-refractivity contribution in [3.63, 3.8) is 0 Å². The average molecular weight is 297 g/mol. The van der Waals surface area contributed by atoms with Crippen molar-refractivity contribution in [1.82, 2.24) is 4.72 Å². The first kappa shape index (κ1) is 13.7. The number of hydrogen-bond acceptors (Lipinski definition) is 4. The number of benzene rings is 1. The van der Waals surface area contributed by atoms with E-state index in [2.05, 4.69) is 4.72 Å². The summed E-state index contributed by atoms with van der Waals surface area (Å²) in [5.74, 6) is 1.90. The number of ether oxygens (including phenoxy) is 2. The van der Waals surface area contributed by atoms with Gasteiger partial charge < -0.3 is 9.47 Å². The van der Waals surface area contributed by atoms with Gasteiger partial charge in [-0.05, 0) is 12.5 Å². The van der Waals surface area contributed by atoms with E-state index >= 15 is 0 Å². The van der Waals surface area contributed by atoms with Crippen LogP contribution < -0.4 is 14.2 Å². The molecule has 0 fully saturated rings. The SMILES string of the molecule is CCCS(=O)(=O)NCc1c2c(cc3c1OCC3)OCC2. The summed E-state index contributed by atoms with van der Waals surface area (Å²) in [5.41, 5.74) is 3.16. The van der Waals surface area contributed by atoms with E-state index in [4.69, 9.17) is 9.47 Å². The van der Waals surface area contributed by atoms with Crippen molar-refractivity contribution in [2.45, 2.75) is 32.7 Å². The van der Waals surface area contributed by atoms with Crippen LogP contribution in [0.25, 0.3) is 0 Å². The molecule has 0 bridgehead atoms. The third-order valence-electron chi connectivity index (χ3n) is 3.70. The Morgan fingerprint density at radius 1 is 1.25 bits per heavy atom. The average Bonchev–Trinajstić information content (AvgIpc) is 3.02. The van der Waals surface area contributed by atoms with E-state index in [0.29, 0.717) is 19.6 Å². The van der Waals surface area contributed by atoms with Gasteiger partial charge in [0.25, 0.3) is 0 Å². The lowest BCUT2D eigenvalue weighted by Gasteiger charge is -2.13. The molecule has 0 spiro atoms. The van der Waals surface area contributed by atoms with Crippen LogP contribution in [-0.2, 0) is 29.4 Å². The molecule has 2 aliphatic rings. The maximum Gasteiger partial charge on any atom is 0.211 e. The molecule has 0 radical (unpaired) electrons. The molecule has 0 unspecified atom stereocenters. The lowest BCUT2D eigenvalue weighted by atomic mass is 10.00. The van der Waals surface area contributed by atoms with Crippen molar-refractivity contribution in [1.29, 1.82) is 0 Å². The number of nitrogens with one attached hydrogen (secondary N) is 1. The summed E-state index contributed by atoms with van der Waals surface area (Å²) in [6.45, 7) is 3.46. The third kappa shape index (κ3) is 2.50. The fraction of sp³-hybridized carbons (Fsp3) is 0.571. The van der Waals surface area contributed by atoms with E-state index in [-0.39, 0.29) is 12.3 Å². The van der Waals surface area contributed by atoms with Crippen LogP contribution in [0.1, 0.15) is 30.0 Å². The molecule has 0 saturated heterocycles. The molecule has 2 aliphatic heterocycles. The third-order valence-corrected chi connectivity index (χ3v) is 5.23. The van der Waals surface area contributed by atoms with Crippen molar-refractivity contribution >= 4 is 10.0 Å². The van der Waals surface area contributed by atoms with Crippen LogP contribution in [0.3, 0.4) is 0 Å². The smallest absolute Gasteiger partial charge is 0.211 e. The zero-order valence-electron chi connectivity index (χ0n) is 11.6. The molecule has 0 saturated carbocycles. The summed E-state index contributed by atoms with van der Waals surface area (Å²) in [5, 5.41) is 0. The molecule has 0 amide bonds. The molecule has 3 rings (SSSR count). The molecule has 6 heteroatoms. The Morgan fingerprint density at radius 3 is 2.85 bits per heavy atom. The standard InChI is InChI=1S/C14H19NO4S/c1-2-7-20(16,17)15-9-12-11-4-6-18-13(11)8-10-3-5-19-14(10)12/h8,15H,2-7,9H2,1H3. The Kier molecular flexibility index (Phi) is 3.60. The fourth-order valence-electron chi connectivity index (χ4n) is 2.79. The highest BCUT2D eigenvalue weighted by molar-refractivity contribution is 7.89. The van der Waals surface area contributed by atoms with Crippen LogP contribution in [0, 0.1) is 0 Å². The summed E-state index contributed by atoms with van der Waals surface area (Å²) in [6.07, 6.45) is 2.29. The van der Waals surface area contributed by atoms with Gasteiger partial charge >= 0.3 is 0 Å². The number of fused-ring (bicyclic) bond motifs is 2. The summed E-state index contributed by atoms with van der Waals surface area (Å²) in [7, 11) is -3.21. The monoisotopic (exact) mass is 297 g/mol. The minimum absolute atomic E-state index is 0.154. The van der Waals surface area contributed by atoms with Crippen LogP contribution in [0.15, 0.2) is 6.07 Å². The highest BCUT2D eigenvalue weighted by Gasteiger charge is 2.26. The number of sulfonamides is 1. The minimum atomic E-state index is -3.21. The van der Waals surface area contributed by atoms with Gasteiger partial charge in [-0.15, -0.1) is 0 Å². The van der Waals surface area contributed by atoms with E-state index < -0.39 is 10.0 Å². The Hall–Kier alpha value is -1.27. The molecule has 1 N–H and O–H groups in total. The fourth-order valence-corrected chi connectivity index (χ4v) is 3.84. The molecule has 0 aromatic heterocycles. The van der Waals surface area contributed by atoms with Crippen LogP contribution in [0.5, 0.6) is 11.5 Å². The Morgan fingerprint density at radius 2 is 2.05 bits per heavy atom. The molecule has 2 heterocycles. The first-order chi connectivity index (χ1) is 9.61. The highest BCUT2D eigenvalue weighted by atomic mass is 32.2. The minimum Gasteiger partial charge on any atom is -0.493 e. The molecule has 1 aromatic rings. The lowest BCUT2D eigenvalue weighted by molar-refractivity contribution is 0.352. The van der Waals surface area contributed by atoms with Crippen LogP contribution in [-0.4, -0.2) is 27.4 Å². The van der Waals surface area contributed by atoms with Crippen LogP contribution in [0.4, 0.5) is 0 Å². The van der Waals surface area contributed by atoms with Gasteiger partial charge in [-0.2, -0.15) is 0 Å². The first-order valence-electron chi connectivity index (χ1n) is 7.01. The predicted molar refractivity (Wildman–Crippen MR) is 75.8 cm³/mol. The molecule has 1 aromatic carbocycles. The zero-order chi connectivity index (χ0) is 14.2. The van der Waals surface area contributed by atoms with E-state index in [1.165, 1.54) is 0 Å². The summed E-state index contributed by atoms with van der Waals surface area (Å²) in [4.78, 5) is 0. The molecule has 0 atom stereocenters. The highest BCUT2D eigenvalue weighted by Crippen LogP contribution is 2.40. The van der Waals surface area contributed by atoms with Gasteiger partial charge in [-0.25, -0.2) is 13.1 Å². The van der Waals surface area contributed by atoms with Crippen molar-refractivity contribution in [3.8, 4) is 11.5 Å². The van der Waals surface area contributed by atoms with Crippen molar-refractivity contribution in [3.05, 3.63) is 22.8 Å². The molecule has 20 heavy (non-hydrogen) atoms. The Bertz CT molecular complexity index is 592. The number of hydrogen-bond donors (Lipinski definition) is 1. The van der Waals surface area contributed by atoms with E-state index in [1.807, 2.05) is 13.0 Å². The summed E-state index contributed by atoms with van der Waals surface area (Å²) < 4.78 is 37.6. The Labute approximate surface area is 119 Å². The first-order valence-corrected chi connectivity index (χ1v) is 8.66. The van der Waals surface area contributed by atoms with Gasteiger partial charge in [0, 0.05) is 36.1 Å². The molecule has 0 aliphatic carbocycles. The second kappa shape index (κ2) is 5.26. The summed E-state index contributed by atoms with van der Waals surface area (Å²) >= 11 is 0. The van der Waals surface area contributed by atoms with Crippen molar-refractivity contribution in [2.75, 3.05) is 19.0 Å². The van der Waals surface area contributed by atoms with Crippen molar-refractivity contribution in [2.24, 2.45) is 0 Å². The summed E-state index contributed by atoms with van der Waals surface area (Å²) in [6, 6.07) is 2.04. The normalized spacial score (nSPS) is 16.4. The van der Waals surface area contributed by atoms with E-state index in [0.717, 1.165) is 41.0 Å². The lowest BCUT2D eigenvalue weighted by Crippen LogP contribution is -2.26. The van der Waals surface area contributed by atoms with Gasteiger partial charge in [0.05, 0.1) is 19.0 Å². The predicted octanol–water partition coefficient (Wildman–Crippen LogP) is 1.39. The second-order valence-corrected chi connectivity index (χ2v) is 7.08. The topological polar surface area (TPSA) is 64.6 Å². The Balaban J connectivity index is 1.90. The zero-order valence-corrected chi connectivity index (χ0v) is 12.4. The van der Waals surface area contributed by atoms with Gasteiger partial charge in [-0.3, -0.25) is 0 Å². The van der Waals surface area contributed by atoms with Gasteiger partial charge in [0.2, 0.25) is 10.0 Å². The number of rotatable bonds is 5. The van der Waals surface area contributed by atoms with Crippen LogP contribution in [0.2, 0.25) is 0 Å². The maximum atomic E-state index is 11.8.